The lowest BCUT2D eigenvalue weighted by Crippen LogP contribution is -2.12. The summed E-state index contributed by atoms with van der Waals surface area (Å²) in [5.41, 5.74) is 2.11. The molecule has 11 nitrogen and oxygen atoms in total. The first-order valence-corrected chi connectivity index (χ1v) is 8.98. The molecule has 3 heterocycles. The lowest BCUT2D eigenvalue weighted by molar-refractivity contribution is -0.385. The van der Waals surface area contributed by atoms with E-state index < -0.39 is 10.8 Å². The van der Waals surface area contributed by atoms with E-state index in [1.807, 2.05) is 25.1 Å². The summed E-state index contributed by atoms with van der Waals surface area (Å²) >= 11 is 0. The molecule has 0 atom stereocenters. The summed E-state index contributed by atoms with van der Waals surface area (Å²) < 4.78 is 8.48. The van der Waals surface area contributed by atoms with Gasteiger partial charge in [0.05, 0.1) is 18.0 Å². The van der Waals surface area contributed by atoms with E-state index in [4.69, 9.17) is 4.42 Å². The van der Waals surface area contributed by atoms with Crippen LogP contribution in [0, 0.1) is 17.0 Å². The Hall–Kier alpha value is -4.28. The number of anilines is 1. The van der Waals surface area contributed by atoms with Crippen LogP contribution in [-0.2, 0) is 13.1 Å². The normalized spacial score (nSPS) is 10.8. The van der Waals surface area contributed by atoms with E-state index >= 15 is 0 Å². The van der Waals surface area contributed by atoms with Crippen molar-refractivity contribution in [1.82, 2.24) is 24.5 Å². The van der Waals surface area contributed by atoms with Crippen molar-refractivity contribution in [1.29, 1.82) is 0 Å². The quantitative estimate of drug-likeness (QED) is 0.368. The molecular formula is C19H17N7O4. The number of rotatable bonds is 7. The van der Waals surface area contributed by atoms with Crippen molar-refractivity contribution in [3.63, 3.8) is 0 Å². The van der Waals surface area contributed by atoms with Gasteiger partial charge in [0.15, 0.2) is 5.76 Å². The molecule has 0 saturated carbocycles. The number of amides is 1. The van der Waals surface area contributed by atoms with Crippen LogP contribution in [0.4, 0.5) is 11.6 Å². The minimum Gasteiger partial charge on any atom is -0.454 e. The van der Waals surface area contributed by atoms with E-state index in [0.717, 1.165) is 17.3 Å². The Kier molecular flexibility index (Phi) is 5.08. The van der Waals surface area contributed by atoms with Gasteiger partial charge in [-0.1, -0.05) is 29.8 Å². The summed E-state index contributed by atoms with van der Waals surface area (Å²) in [5, 5.41) is 21.4. The molecule has 0 aliphatic carbocycles. The molecule has 0 spiro atoms. The number of hydrogen-bond donors (Lipinski definition) is 1. The van der Waals surface area contributed by atoms with Crippen LogP contribution < -0.4 is 5.32 Å². The molecule has 0 radical (unpaired) electrons. The number of aryl methyl sites for hydroxylation is 1. The molecular weight excluding hydrogens is 390 g/mol. The fourth-order valence-corrected chi connectivity index (χ4v) is 2.87. The van der Waals surface area contributed by atoms with Crippen LogP contribution in [-0.4, -0.2) is 35.4 Å². The molecule has 152 valence electrons. The van der Waals surface area contributed by atoms with Crippen molar-refractivity contribution in [2.75, 3.05) is 5.32 Å². The second-order valence-electron chi connectivity index (χ2n) is 6.63. The molecule has 30 heavy (non-hydrogen) atoms. The number of nitro groups is 1. The van der Waals surface area contributed by atoms with E-state index in [1.54, 1.807) is 10.7 Å². The number of hydrogen-bond acceptors (Lipinski definition) is 7. The molecule has 0 saturated heterocycles. The first-order chi connectivity index (χ1) is 14.5. The average molecular weight is 407 g/mol. The van der Waals surface area contributed by atoms with Gasteiger partial charge in [0, 0.05) is 0 Å². The molecule has 0 bridgehead atoms. The SMILES string of the molecule is Cc1cccc(Cn2cnc(NC(=O)c3ccc(Cn4cc([N+](=O)[O-])cn4)o3)n2)c1. The van der Waals surface area contributed by atoms with Crippen LogP contribution >= 0.6 is 0 Å². The predicted octanol–water partition coefficient (Wildman–Crippen LogP) is 2.63. The van der Waals surface area contributed by atoms with E-state index in [2.05, 4.69) is 26.6 Å². The first-order valence-electron chi connectivity index (χ1n) is 8.98. The second kappa shape index (κ2) is 7.99. The van der Waals surface area contributed by atoms with Gasteiger partial charge in [0.25, 0.3) is 5.91 Å². The summed E-state index contributed by atoms with van der Waals surface area (Å²) in [5.74, 6) is 0.159. The minimum atomic E-state index is -0.532. The lowest BCUT2D eigenvalue weighted by atomic mass is 10.1. The Morgan fingerprint density at radius 1 is 1.23 bits per heavy atom. The van der Waals surface area contributed by atoms with Crippen LogP contribution in [0.2, 0.25) is 0 Å². The van der Waals surface area contributed by atoms with Crippen molar-refractivity contribution in [3.05, 3.63) is 87.9 Å². The fraction of sp³-hybridized carbons (Fsp3) is 0.158. The van der Waals surface area contributed by atoms with Gasteiger partial charge in [0.2, 0.25) is 5.95 Å². The van der Waals surface area contributed by atoms with Crippen LogP contribution in [0.3, 0.4) is 0 Å². The Bertz CT molecular complexity index is 1210. The van der Waals surface area contributed by atoms with Crippen LogP contribution in [0.25, 0.3) is 0 Å². The summed E-state index contributed by atoms with van der Waals surface area (Å²) in [4.78, 5) is 26.7. The molecule has 4 rings (SSSR count). The highest BCUT2D eigenvalue weighted by Crippen LogP contribution is 2.14. The third-order valence-corrected chi connectivity index (χ3v) is 4.22. The average Bonchev–Trinajstić information content (AvgIpc) is 3.44. The number of furan rings is 1. The standard InChI is InChI=1S/C19H17N7O4/c1-13-3-2-4-14(7-13)9-25-12-20-19(23-25)22-18(27)17-6-5-16(30-17)11-24-10-15(8-21-24)26(28)29/h2-8,10,12H,9,11H2,1H3,(H,22,23,27). The highest BCUT2D eigenvalue weighted by molar-refractivity contribution is 6.01. The van der Waals surface area contributed by atoms with Crippen molar-refractivity contribution in [3.8, 4) is 0 Å². The van der Waals surface area contributed by atoms with Gasteiger partial charge in [0.1, 0.15) is 24.5 Å². The summed E-state index contributed by atoms with van der Waals surface area (Å²) in [6.45, 7) is 2.71. The van der Waals surface area contributed by atoms with E-state index in [9.17, 15) is 14.9 Å². The molecule has 1 N–H and O–H groups in total. The van der Waals surface area contributed by atoms with Crippen molar-refractivity contribution < 1.29 is 14.1 Å². The molecule has 0 unspecified atom stereocenters. The van der Waals surface area contributed by atoms with Gasteiger partial charge in [-0.25, -0.2) is 9.67 Å². The monoisotopic (exact) mass is 407 g/mol. The number of carbonyl (C=O) groups is 1. The maximum atomic E-state index is 12.4. The van der Waals surface area contributed by atoms with Gasteiger partial charge in [-0.3, -0.25) is 24.9 Å². The molecule has 1 amide bonds. The Labute approximate surface area is 170 Å². The smallest absolute Gasteiger partial charge is 0.307 e. The van der Waals surface area contributed by atoms with Crippen LogP contribution in [0.15, 0.2) is 59.5 Å². The van der Waals surface area contributed by atoms with E-state index in [0.29, 0.717) is 12.3 Å². The number of carbonyl (C=O) groups excluding carboxylic acids is 1. The lowest BCUT2D eigenvalue weighted by Gasteiger charge is -2.02. The van der Waals surface area contributed by atoms with Crippen molar-refractivity contribution >= 4 is 17.5 Å². The maximum Gasteiger partial charge on any atom is 0.307 e. The Morgan fingerprint density at radius 2 is 2.10 bits per heavy atom. The topological polar surface area (TPSA) is 134 Å². The molecule has 0 aliphatic rings. The summed E-state index contributed by atoms with van der Waals surface area (Å²) in [7, 11) is 0. The molecule has 0 aliphatic heterocycles. The Balaban J connectivity index is 1.37. The zero-order chi connectivity index (χ0) is 21.1. The highest BCUT2D eigenvalue weighted by atomic mass is 16.6. The third kappa shape index (κ3) is 4.41. The molecule has 4 aromatic rings. The van der Waals surface area contributed by atoms with Crippen LogP contribution in [0.5, 0.6) is 0 Å². The van der Waals surface area contributed by atoms with Crippen molar-refractivity contribution in [2.24, 2.45) is 0 Å². The third-order valence-electron chi connectivity index (χ3n) is 4.22. The maximum absolute atomic E-state index is 12.4. The number of benzene rings is 1. The molecule has 1 aromatic carbocycles. The highest BCUT2D eigenvalue weighted by Gasteiger charge is 2.15. The predicted molar refractivity (Wildman–Crippen MR) is 105 cm³/mol. The summed E-state index contributed by atoms with van der Waals surface area (Å²) in [6.07, 6.45) is 3.97. The van der Waals surface area contributed by atoms with Gasteiger partial charge in [-0.2, -0.15) is 5.10 Å². The van der Waals surface area contributed by atoms with Crippen molar-refractivity contribution in [2.45, 2.75) is 20.0 Å². The van der Waals surface area contributed by atoms with Gasteiger partial charge >= 0.3 is 5.69 Å². The van der Waals surface area contributed by atoms with Gasteiger partial charge in [-0.15, -0.1) is 5.10 Å². The zero-order valence-electron chi connectivity index (χ0n) is 15.9. The number of aromatic nitrogens is 5. The Morgan fingerprint density at radius 3 is 2.87 bits per heavy atom. The molecule has 0 fully saturated rings. The zero-order valence-corrected chi connectivity index (χ0v) is 15.9. The van der Waals surface area contributed by atoms with Crippen LogP contribution in [0.1, 0.15) is 27.4 Å². The van der Waals surface area contributed by atoms with E-state index in [1.165, 1.54) is 23.3 Å². The van der Waals surface area contributed by atoms with E-state index in [-0.39, 0.29) is 23.9 Å². The fourth-order valence-electron chi connectivity index (χ4n) is 2.87. The number of nitrogens with one attached hydrogen (secondary N) is 1. The van der Waals surface area contributed by atoms with Gasteiger partial charge < -0.3 is 4.42 Å². The number of nitrogens with zero attached hydrogens (tertiary/aromatic N) is 6. The first kappa shape index (κ1) is 19.1. The molecule has 3 aromatic heterocycles. The van der Waals surface area contributed by atoms with Gasteiger partial charge in [-0.05, 0) is 24.6 Å². The molecule has 11 heteroatoms. The second-order valence-corrected chi connectivity index (χ2v) is 6.63. The largest absolute Gasteiger partial charge is 0.454 e. The minimum absolute atomic E-state index is 0.0710. The summed E-state index contributed by atoms with van der Waals surface area (Å²) in [6, 6.07) is 11.1.